The van der Waals surface area contributed by atoms with Crippen LogP contribution in [0.15, 0.2) is 34.8 Å². The lowest BCUT2D eigenvalue weighted by Gasteiger charge is -1.95. The second-order valence-corrected chi connectivity index (χ2v) is 3.88. The van der Waals surface area contributed by atoms with Crippen LogP contribution in [0.1, 0.15) is 10.5 Å². The van der Waals surface area contributed by atoms with E-state index in [0.717, 1.165) is 10.0 Å². The fourth-order valence-corrected chi connectivity index (χ4v) is 1.46. The van der Waals surface area contributed by atoms with Crippen LogP contribution in [0.25, 0.3) is 11.3 Å². The zero-order chi connectivity index (χ0) is 10.8. The van der Waals surface area contributed by atoms with Crippen LogP contribution >= 0.6 is 15.9 Å². The first kappa shape index (κ1) is 9.92. The lowest BCUT2D eigenvalue weighted by atomic mass is 10.1. The molecule has 0 radical (unpaired) electrons. The Bertz CT molecular complexity index is 490. The van der Waals surface area contributed by atoms with Crippen molar-refractivity contribution in [1.82, 2.24) is 10.2 Å². The van der Waals surface area contributed by atoms with Crippen molar-refractivity contribution in [1.29, 1.82) is 0 Å². The average molecular weight is 266 g/mol. The maximum atomic E-state index is 10.5. The highest BCUT2D eigenvalue weighted by molar-refractivity contribution is 9.10. The molecule has 15 heavy (non-hydrogen) atoms. The molecule has 2 rings (SSSR count). The Balaban J connectivity index is 2.37. The average Bonchev–Trinajstić information content (AvgIpc) is 2.68. The molecule has 0 bridgehead atoms. The monoisotopic (exact) mass is 265 g/mol. The van der Waals surface area contributed by atoms with Crippen LogP contribution < -0.4 is 5.11 Å². The molecule has 0 unspecified atom stereocenters. The van der Waals surface area contributed by atoms with E-state index in [1.54, 1.807) is 0 Å². The lowest BCUT2D eigenvalue weighted by Crippen LogP contribution is -2.22. The fraction of sp³-hybridized carbons (Fsp3) is 0. The number of nitrogens with zero attached hydrogens (tertiary/aromatic N) is 1. The first-order chi connectivity index (χ1) is 7.16. The number of carboxylic acids is 1. The fourth-order valence-electron chi connectivity index (χ4n) is 1.19. The molecule has 0 aliphatic heterocycles. The van der Waals surface area contributed by atoms with Gasteiger partial charge in [-0.1, -0.05) is 28.1 Å². The molecule has 0 atom stereocenters. The second kappa shape index (κ2) is 3.86. The number of aromatic amines is 1. The molecule has 5 heteroatoms. The molecule has 0 aliphatic rings. The molecular formula is C10H6BrN2O2-. The summed E-state index contributed by atoms with van der Waals surface area (Å²) in [5, 5.41) is 16.8. The third kappa shape index (κ3) is 2.07. The van der Waals surface area contributed by atoms with Crippen LogP contribution in [-0.4, -0.2) is 16.2 Å². The van der Waals surface area contributed by atoms with Crippen molar-refractivity contribution in [3.8, 4) is 11.3 Å². The predicted octanol–water partition coefficient (Wildman–Crippen LogP) is 1.20. The third-order valence-electron chi connectivity index (χ3n) is 1.94. The highest BCUT2D eigenvalue weighted by Crippen LogP contribution is 2.20. The second-order valence-electron chi connectivity index (χ2n) is 2.96. The number of carbonyl (C=O) groups excluding carboxylic acids is 1. The topological polar surface area (TPSA) is 68.8 Å². The number of hydrogen-bond acceptors (Lipinski definition) is 3. The zero-order valence-electron chi connectivity index (χ0n) is 7.53. The largest absolute Gasteiger partial charge is 0.543 e. The highest BCUT2D eigenvalue weighted by Gasteiger charge is 2.03. The number of rotatable bonds is 2. The summed E-state index contributed by atoms with van der Waals surface area (Å²) in [7, 11) is 0. The summed E-state index contributed by atoms with van der Waals surface area (Å²) in [5.74, 6) is -1.26. The summed E-state index contributed by atoms with van der Waals surface area (Å²) < 4.78 is 0.960. The van der Waals surface area contributed by atoms with Crippen LogP contribution in [0, 0.1) is 0 Å². The smallest absolute Gasteiger partial charge is 0.0927 e. The predicted molar refractivity (Wildman–Crippen MR) is 56.1 cm³/mol. The van der Waals surface area contributed by atoms with Gasteiger partial charge >= 0.3 is 0 Å². The molecule has 1 aromatic carbocycles. The maximum absolute atomic E-state index is 10.5. The maximum Gasteiger partial charge on any atom is 0.0927 e. The number of carbonyl (C=O) groups is 1. The molecule has 0 fully saturated rings. The van der Waals surface area contributed by atoms with E-state index in [0.29, 0.717) is 5.69 Å². The Morgan fingerprint density at radius 1 is 1.33 bits per heavy atom. The Morgan fingerprint density at radius 3 is 2.53 bits per heavy atom. The Labute approximate surface area is 94.1 Å². The number of aromatic carboxylic acids is 1. The number of nitrogens with one attached hydrogen (secondary N) is 1. The first-order valence-electron chi connectivity index (χ1n) is 4.19. The summed E-state index contributed by atoms with van der Waals surface area (Å²) in [4.78, 5) is 10.5. The van der Waals surface area contributed by atoms with E-state index in [9.17, 15) is 9.90 Å². The molecular weight excluding hydrogens is 260 g/mol. The molecule has 0 amide bonds. The van der Waals surface area contributed by atoms with Crippen molar-refractivity contribution in [3.63, 3.8) is 0 Å². The Hall–Kier alpha value is -1.62. The van der Waals surface area contributed by atoms with Gasteiger partial charge in [-0.2, -0.15) is 5.10 Å². The summed E-state index contributed by atoms with van der Waals surface area (Å²) >= 11 is 3.31. The molecule has 2 aromatic rings. The molecule has 76 valence electrons. The van der Waals surface area contributed by atoms with Gasteiger partial charge in [-0.25, -0.2) is 0 Å². The quantitative estimate of drug-likeness (QED) is 0.888. The van der Waals surface area contributed by atoms with Gasteiger partial charge in [0.25, 0.3) is 0 Å². The Kier molecular flexibility index (Phi) is 2.55. The zero-order valence-corrected chi connectivity index (χ0v) is 9.11. The van der Waals surface area contributed by atoms with Gasteiger partial charge in [-0.3, -0.25) is 5.10 Å². The van der Waals surface area contributed by atoms with Gasteiger partial charge in [0.15, 0.2) is 0 Å². The van der Waals surface area contributed by atoms with Gasteiger partial charge in [-0.15, -0.1) is 0 Å². The SMILES string of the molecule is O=C([O-])c1cc(-c2ccc(Br)cc2)n[nH]1. The summed E-state index contributed by atoms with van der Waals surface area (Å²) in [6.45, 7) is 0. The number of benzene rings is 1. The minimum absolute atomic E-state index is 0.0204. The minimum atomic E-state index is -1.26. The summed E-state index contributed by atoms with van der Waals surface area (Å²) in [6.07, 6.45) is 0. The number of aromatic nitrogens is 2. The van der Waals surface area contributed by atoms with Crippen molar-refractivity contribution in [2.24, 2.45) is 0 Å². The highest BCUT2D eigenvalue weighted by atomic mass is 79.9. The number of halogens is 1. The summed E-state index contributed by atoms with van der Waals surface area (Å²) in [5.41, 5.74) is 1.41. The van der Waals surface area contributed by atoms with Gasteiger partial charge in [-0.05, 0) is 18.2 Å². The molecule has 0 spiro atoms. The minimum Gasteiger partial charge on any atom is -0.543 e. The van der Waals surface area contributed by atoms with Crippen molar-refractivity contribution >= 4 is 21.9 Å². The van der Waals surface area contributed by atoms with Crippen LogP contribution in [0.4, 0.5) is 0 Å². The molecule has 1 N–H and O–H groups in total. The van der Waals surface area contributed by atoms with Crippen molar-refractivity contribution in [2.45, 2.75) is 0 Å². The third-order valence-corrected chi connectivity index (χ3v) is 2.47. The van der Waals surface area contributed by atoms with Crippen molar-refractivity contribution < 1.29 is 9.90 Å². The lowest BCUT2D eigenvalue weighted by molar-refractivity contribution is -0.255. The summed E-state index contributed by atoms with van der Waals surface area (Å²) in [6, 6.07) is 8.86. The van der Waals surface area contributed by atoms with Gasteiger partial charge in [0.05, 0.1) is 17.4 Å². The number of hydrogen-bond donors (Lipinski definition) is 1. The molecule has 0 saturated heterocycles. The standard InChI is InChI=1S/C10H7BrN2O2/c11-7-3-1-6(2-4-7)8-5-9(10(14)15)13-12-8/h1-5H,(H,12,13)(H,14,15)/p-1. The van der Waals surface area contributed by atoms with Crippen LogP contribution in [0.5, 0.6) is 0 Å². The normalized spacial score (nSPS) is 10.2. The van der Waals surface area contributed by atoms with E-state index in [2.05, 4.69) is 26.1 Å². The molecule has 0 saturated carbocycles. The molecule has 1 aromatic heterocycles. The van der Waals surface area contributed by atoms with Gasteiger partial charge in [0.1, 0.15) is 0 Å². The van der Waals surface area contributed by atoms with Gasteiger partial charge < -0.3 is 9.90 Å². The van der Waals surface area contributed by atoms with E-state index in [-0.39, 0.29) is 5.69 Å². The number of carboxylic acid groups (broad SMARTS) is 1. The van der Waals surface area contributed by atoms with Crippen LogP contribution in [-0.2, 0) is 0 Å². The van der Waals surface area contributed by atoms with Crippen LogP contribution in [0.2, 0.25) is 0 Å². The molecule has 1 heterocycles. The van der Waals surface area contributed by atoms with E-state index in [1.807, 2.05) is 24.3 Å². The van der Waals surface area contributed by atoms with E-state index in [1.165, 1.54) is 6.07 Å². The van der Waals surface area contributed by atoms with Crippen molar-refractivity contribution in [2.75, 3.05) is 0 Å². The molecule has 4 nitrogen and oxygen atoms in total. The van der Waals surface area contributed by atoms with Crippen LogP contribution in [0.3, 0.4) is 0 Å². The van der Waals surface area contributed by atoms with Gasteiger partial charge in [0.2, 0.25) is 0 Å². The van der Waals surface area contributed by atoms with E-state index < -0.39 is 5.97 Å². The van der Waals surface area contributed by atoms with E-state index >= 15 is 0 Å². The number of H-pyrrole nitrogens is 1. The van der Waals surface area contributed by atoms with E-state index in [4.69, 9.17) is 0 Å². The Morgan fingerprint density at radius 2 is 2.00 bits per heavy atom. The van der Waals surface area contributed by atoms with Crippen molar-refractivity contribution in [3.05, 3.63) is 40.5 Å². The van der Waals surface area contributed by atoms with Gasteiger partial charge in [0, 0.05) is 10.0 Å². The molecule has 0 aliphatic carbocycles. The first-order valence-corrected chi connectivity index (χ1v) is 4.99.